The molecule has 1 atom stereocenters. The van der Waals surface area contributed by atoms with Crippen LogP contribution in [0.1, 0.15) is 28.8 Å². The number of piperidine rings is 1. The number of aromatic nitrogens is 1. The smallest absolute Gasteiger partial charge is 0.260 e. The molecular weight excluding hydrogens is 326 g/mol. The van der Waals surface area contributed by atoms with Gasteiger partial charge in [0.25, 0.3) is 11.5 Å². The molecule has 3 rings (SSSR count). The molecule has 1 aromatic carbocycles. The molecule has 6 heteroatoms. The van der Waals surface area contributed by atoms with Crippen LogP contribution >= 0.6 is 11.6 Å². The van der Waals surface area contributed by atoms with Crippen molar-refractivity contribution in [1.82, 2.24) is 15.2 Å². The third kappa shape index (κ3) is 4.24. The minimum atomic E-state index is -0.358. The number of H-pyrrole nitrogens is 1. The first-order valence-corrected chi connectivity index (χ1v) is 8.45. The summed E-state index contributed by atoms with van der Waals surface area (Å²) in [5.41, 5.74) is 1.00. The number of benzene rings is 1. The van der Waals surface area contributed by atoms with Gasteiger partial charge in [-0.15, -0.1) is 0 Å². The molecule has 0 spiro atoms. The van der Waals surface area contributed by atoms with Gasteiger partial charge in [-0.05, 0) is 49.2 Å². The maximum absolute atomic E-state index is 12.3. The van der Waals surface area contributed by atoms with Crippen LogP contribution in [0.4, 0.5) is 0 Å². The van der Waals surface area contributed by atoms with Gasteiger partial charge in [0.1, 0.15) is 5.56 Å². The minimum absolute atomic E-state index is 0.0538. The van der Waals surface area contributed by atoms with E-state index in [2.05, 4.69) is 15.2 Å². The quantitative estimate of drug-likeness (QED) is 0.894. The van der Waals surface area contributed by atoms with Gasteiger partial charge >= 0.3 is 0 Å². The zero-order chi connectivity index (χ0) is 16.9. The predicted octanol–water partition coefficient (Wildman–Crippen LogP) is 2.42. The topological polar surface area (TPSA) is 65.2 Å². The van der Waals surface area contributed by atoms with Crippen molar-refractivity contribution in [2.45, 2.75) is 25.4 Å². The van der Waals surface area contributed by atoms with Gasteiger partial charge in [0.2, 0.25) is 0 Å². The molecule has 1 saturated heterocycles. The maximum atomic E-state index is 12.3. The molecular formula is C18H20ClN3O2. The number of hydrogen-bond acceptors (Lipinski definition) is 3. The second-order valence-corrected chi connectivity index (χ2v) is 6.52. The van der Waals surface area contributed by atoms with Crippen molar-refractivity contribution in [1.29, 1.82) is 0 Å². The van der Waals surface area contributed by atoms with Crippen LogP contribution in [0.5, 0.6) is 0 Å². The number of amides is 1. The Kier molecular flexibility index (Phi) is 5.33. The Balaban J connectivity index is 1.59. The molecule has 126 valence electrons. The minimum Gasteiger partial charge on any atom is -0.348 e. The van der Waals surface area contributed by atoms with Crippen molar-refractivity contribution in [2.24, 2.45) is 0 Å². The molecule has 0 aliphatic carbocycles. The van der Waals surface area contributed by atoms with Crippen LogP contribution in [0.3, 0.4) is 0 Å². The summed E-state index contributed by atoms with van der Waals surface area (Å²) in [6.45, 7) is 2.61. The highest BCUT2D eigenvalue weighted by atomic mass is 35.5. The van der Waals surface area contributed by atoms with E-state index < -0.39 is 0 Å². The summed E-state index contributed by atoms with van der Waals surface area (Å²) < 4.78 is 0. The third-order valence-electron chi connectivity index (χ3n) is 4.22. The van der Waals surface area contributed by atoms with Crippen LogP contribution < -0.4 is 10.9 Å². The van der Waals surface area contributed by atoms with Crippen molar-refractivity contribution in [3.05, 3.63) is 69.1 Å². The molecule has 0 saturated carbocycles. The van der Waals surface area contributed by atoms with E-state index in [0.717, 1.165) is 37.5 Å². The van der Waals surface area contributed by atoms with Crippen LogP contribution in [0.25, 0.3) is 0 Å². The third-order valence-corrected chi connectivity index (χ3v) is 4.47. The van der Waals surface area contributed by atoms with Crippen molar-refractivity contribution in [3.63, 3.8) is 0 Å². The fraction of sp³-hybridized carbons (Fsp3) is 0.333. The average molecular weight is 346 g/mol. The average Bonchev–Trinajstić information content (AvgIpc) is 2.58. The van der Waals surface area contributed by atoms with Gasteiger partial charge in [-0.2, -0.15) is 0 Å². The molecule has 2 N–H and O–H groups in total. The Labute approximate surface area is 145 Å². The number of aromatic amines is 1. The Morgan fingerprint density at radius 3 is 2.83 bits per heavy atom. The van der Waals surface area contributed by atoms with E-state index in [9.17, 15) is 9.59 Å². The number of nitrogens with one attached hydrogen (secondary N) is 2. The van der Waals surface area contributed by atoms with Gasteiger partial charge in [0.15, 0.2) is 0 Å². The van der Waals surface area contributed by atoms with Gasteiger partial charge in [-0.25, -0.2) is 0 Å². The van der Waals surface area contributed by atoms with Crippen molar-refractivity contribution >= 4 is 17.5 Å². The molecule has 1 aliphatic rings. The fourth-order valence-corrected chi connectivity index (χ4v) is 3.15. The summed E-state index contributed by atoms with van der Waals surface area (Å²) in [4.78, 5) is 28.8. The van der Waals surface area contributed by atoms with Crippen molar-refractivity contribution < 1.29 is 4.79 Å². The first-order chi connectivity index (χ1) is 11.6. The van der Waals surface area contributed by atoms with Gasteiger partial charge < -0.3 is 10.3 Å². The highest BCUT2D eigenvalue weighted by Gasteiger charge is 2.22. The largest absolute Gasteiger partial charge is 0.348 e. The summed E-state index contributed by atoms with van der Waals surface area (Å²) in [5, 5.41) is 3.71. The highest BCUT2D eigenvalue weighted by molar-refractivity contribution is 6.30. The lowest BCUT2D eigenvalue weighted by Gasteiger charge is -2.33. The van der Waals surface area contributed by atoms with Crippen molar-refractivity contribution in [3.8, 4) is 0 Å². The second kappa shape index (κ2) is 7.64. The molecule has 1 aliphatic heterocycles. The number of carbonyl (C=O) groups excluding carboxylic acids is 1. The lowest BCUT2D eigenvalue weighted by Crippen LogP contribution is -2.48. The molecule has 0 unspecified atom stereocenters. The zero-order valence-electron chi connectivity index (χ0n) is 13.3. The van der Waals surface area contributed by atoms with Gasteiger partial charge in [0, 0.05) is 30.4 Å². The fourth-order valence-electron chi connectivity index (χ4n) is 3.03. The molecule has 1 aromatic heterocycles. The number of carbonyl (C=O) groups is 1. The van der Waals surface area contributed by atoms with Gasteiger partial charge in [-0.1, -0.05) is 23.7 Å². The zero-order valence-corrected chi connectivity index (χ0v) is 14.1. The Morgan fingerprint density at radius 1 is 1.29 bits per heavy atom. The first kappa shape index (κ1) is 16.7. The SMILES string of the molecule is O=C(N[C@@H]1CCCN(Cc2ccc(Cl)cc2)C1)c1ccc[nH]c1=O. The molecule has 1 fully saturated rings. The van der Waals surface area contributed by atoms with Crippen LogP contribution in [-0.4, -0.2) is 34.9 Å². The maximum Gasteiger partial charge on any atom is 0.260 e. The predicted molar refractivity (Wildman–Crippen MR) is 94.3 cm³/mol. The Morgan fingerprint density at radius 2 is 2.08 bits per heavy atom. The van der Waals surface area contributed by atoms with E-state index in [4.69, 9.17) is 11.6 Å². The highest BCUT2D eigenvalue weighted by Crippen LogP contribution is 2.16. The molecule has 0 radical (unpaired) electrons. The van der Waals surface area contributed by atoms with Crippen LogP contribution in [0.2, 0.25) is 5.02 Å². The van der Waals surface area contributed by atoms with Crippen LogP contribution in [-0.2, 0) is 6.54 Å². The van der Waals surface area contributed by atoms with E-state index in [1.165, 1.54) is 11.8 Å². The summed E-state index contributed by atoms with van der Waals surface area (Å²) in [5.74, 6) is -0.310. The molecule has 2 heterocycles. The van der Waals surface area contributed by atoms with Crippen LogP contribution in [0, 0.1) is 0 Å². The molecule has 5 nitrogen and oxygen atoms in total. The number of nitrogens with zero attached hydrogens (tertiary/aromatic N) is 1. The summed E-state index contributed by atoms with van der Waals surface area (Å²) in [7, 11) is 0. The van der Waals surface area contributed by atoms with Crippen LogP contribution in [0.15, 0.2) is 47.4 Å². The van der Waals surface area contributed by atoms with Gasteiger partial charge in [-0.3, -0.25) is 14.5 Å². The number of rotatable bonds is 4. The lowest BCUT2D eigenvalue weighted by atomic mass is 10.0. The van der Waals surface area contributed by atoms with E-state index in [1.54, 1.807) is 12.1 Å². The molecule has 0 bridgehead atoms. The number of hydrogen-bond donors (Lipinski definition) is 2. The number of pyridine rings is 1. The molecule has 2 aromatic rings. The Bertz CT molecular complexity index is 757. The first-order valence-electron chi connectivity index (χ1n) is 8.07. The summed E-state index contributed by atoms with van der Waals surface area (Å²) >= 11 is 5.92. The summed E-state index contributed by atoms with van der Waals surface area (Å²) in [6, 6.07) is 11.1. The normalized spacial score (nSPS) is 18.3. The standard InChI is InChI=1S/C18H20ClN3O2/c19-14-7-5-13(6-8-14)11-22-10-2-3-15(12-22)21-18(24)16-4-1-9-20-17(16)23/h1,4-9,15H,2-3,10-12H2,(H,20,23)(H,21,24)/t15-/m1/s1. The van der Waals surface area contributed by atoms with E-state index in [1.807, 2.05) is 24.3 Å². The second-order valence-electron chi connectivity index (χ2n) is 6.09. The van der Waals surface area contributed by atoms with E-state index in [0.29, 0.717) is 0 Å². The van der Waals surface area contributed by atoms with E-state index >= 15 is 0 Å². The molecule has 24 heavy (non-hydrogen) atoms. The van der Waals surface area contributed by atoms with Crippen molar-refractivity contribution in [2.75, 3.05) is 13.1 Å². The number of halogens is 1. The Hall–Kier alpha value is -2.11. The molecule has 1 amide bonds. The summed E-state index contributed by atoms with van der Waals surface area (Å²) in [6.07, 6.45) is 3.46. The van der Waals surface area contributed by atoms with Gasteiger partial charge in [0.05, 0.1) is 0 Å². The van der Waals surface area contributed by atoms with E-state index in [-0.39, 0.29) is 23.1 Å². The monoisotopic (exact) mass is 345 g/mol. The number of likely N-dealkylation sites (tertiary alicyclic amines) is 1. The lowest BCUT2D eigenvalue weighted by molar-refractivity contribution is 0.0899.